The maximum atomic E-state index is 12.2. The van der Waals surface area contributed by atoms with E-state index in [9.17, 15) is 4.79 Å². The minimum atomic E-state index is -0.456. The van der Waals surface area contributed by atoms with Gasteiger partial charge in [-0.1, -0.05) is 0 Å². The smallest absolute Gasteiger partial charge is 0.410 e. The fourth-order valence-electron chi connectivity index (χ4n) is 2.39. The third-order valence-electron chi connectivity index (χ3n) is 3.35. The molecule has 1 aromatic rings. The molecule has 0 spiro atoms. The first kappa shape index (κ1) is 16.1. The molecule has 5 nitrogen and oxygen atoms in total. The van der Waals surface area contributed by atoms with Gasteiger partial charge in [-0.15, -0.1) is 0 Å². The molecule has 1 aromatic heterocycles. The lowest BCUT2D eigenvalue weighted by atomic mass is 10.1. The Bertz CT molecular complexity index is 516. The summed E-state index contributed by atoms with van der Waals surface area (Å²) in [5.41, 5.74) is 0.655. The van der Waals surface area contributed by atoms with E-state index >= 15 is 0 Å². The number of piperazine rings is 1. The van der Waals surface area contributed by atoms with Gasteiger partial charge in [0.05, 0.1) is 10.2 Å². The number of anilines is 1. The number of amides is 1. The van der Waals surface area contributed by atoms with E-state index in [1.165, 1.54) is 0 Å². The second-order valence-corrected chi connectivity index (χ2v) is 7.15. The SMILES string of the molecule is CC1CN(c2ccncc2Br)CCN1C(=O)OC(C)(C)C. The molecule has 1 aliphatic rings. The van der Waals surface area contributed by atoms with Gasteiger partial charge >= 0.3 is 6.09 Å². The minimum Gasteiger partial charge on any atom is -0.444 e. The highest BCUT2D eigenvalue weighted by molar-refractivity contribution is 9.10. The lowest BCUT2D eigenvalue weighted by Crippen LogP contribution is -2.55. The summed E-state index contributed by atoms with van der Waals surface area (Å²) in [7, 11) is 0. The number of nitrogens with zero attached hydrogens (tertiary/aromatic N) is 3. The van der Waals surface area contributed by atoms with Crippen LogP contribution in [-0.2, 0) is 4.74 Å². The summed E-state index contributed by atoms with van der Waals surface area (Å²) in [6.45, 7) is 9.93. The first-order valence-electron chi connectivity index (χ1n) is 7.12. The molecule has 2 rings (SSSR count). The molecule has 2 heterocycles. The molecule has 0 saturated carbocycles. The van der Waals surface area contributed by atoms with E-state index in [-0.39, 0.29) is 12.1 Å². The monoisotopic (exact) mass is 355 g/mol. The number of pyridine rings is 1. The highest BCUT2D eigenvalue weighted by Crippen LogP contribution is 2.27. The molecule has 1 aliphatic heterocycles. The molecule has 0 radical (unpaired) electrons. The van der Waals surface area contributed by atoms with E-state index in [0.29, 0.717) is 6.54 Å². The van der Waals surface area contributed by atoms with Crippen LogP contribution in [0.4, 0.5) is 10.5 Å². The van der Waals surface area contributed by atoms with Crippen LogP contribution < -0.4 is 4.90 Å². The first-order chi connectivity index (χ1) is 9.78. The normalized spacial score (nSPS) is 19.6. The highest BCUT2D eigenvalue weighted by Gasteiger charge is 2.31. The molecule has 21 heavy (non-hydrogen) atoms. The number of ether oxygens (including phenoxy) is 1. The number of carbonyl (C=O) groups excluding carboxylic acids is 1. The van der Waals surface area contributed by atoms with E-state index in [4.69, 9.17) is 4.74 Å². The molecule has 1 fully saturated rings. The van der Waals surface area contributed by atoms with Gasteiger partial charge in [0.1, 0.15) is 5.60 Å². The summed E-state index contributed by atoms with van der Waals surface area (Å²) >= 11 is 3.53. The highest BCUT2D eigenvalue weighted by atomic mass is 79.9. The average Bonchev–Trinajstić information content (AvgIpc) is 2.37. The minimum absolute atomic E-state index is 0.105. The summed E-state index contributed by atoms with van der Waals surface area (Å²) in [6, 6.07) is 2.09. The molecule has 0 aliphatic carbocycles. The zero-order valence-corrected chi connectivity index (χ0v) is 14.6. The number of hydrogen-bond acceptors (Lipinski definition) is 4. The maximum absolute atomic E-state index is 12.2. The van der Waals surface area contributed by atoms with Crippen LogP contribution in [0.1, 0.15) is 27.7 Å². The Morgan fingerprint density at radius 3 is 2.71 bits per heavy atom. The molecule has 0 aromatic carbocycles. The molecule has 0 N–H and O–H groups in total. The Morgan fingerprint density at radius 1 is 1.43 bits per heavy atom. The van der Waals surface area contributed by atoms with Gasteiger partial charge in [-0.05, 0) is 49.7 Å². The second-order valence-electron chi connectivity index (χ2n) is 6.30. The summed E-state index contributed by atoms with van der Waals surface area (Å²) in [6.07, 6.45) is 3.34. The van der Waals surface area contributed by atoms with Crippen molar-refractivity contribution in [2.75, 3.05) is 24.5 Å². The van der Waals surface area contributed by atoms with Gasteiger partial charge in [0.2, 0.25) is 0 Å². The van der Waals surface area contributed by atoms with Crippen LogP contribution in [0, 0.1) is 0 Å². The fourth-order valence-corrected chi connectivity index (χ4v) is 2.89. The van der Waals surface area contributed by atoms with Crippen molar-refractivity contribution in [2.45, 2.75) is 39.3 Å². The van der Waals surface area contributed by atoms with Crippen LogP contribution in [-0.4, -0.2) is 47.3 Å². The lowest BCUT2D eigenvalue weighted by molar-refractivity contribution is 0.0159. The van der Waals surface area contributed by atoms with Crippen LogP contribution in [0.3, 0.4) is 0 Å². The molecule has 1 atom stereocenters. The Balaban J connectivity index is 2.03. The van der Waals surface area contributed by atoms with Gasteiger partial charge in [0.25, 0.3) is 0 Å². The molecule has 6 heteroatoms. The summed E-state index contributed by atoms with van der Waals surface area (Å²) in [4.78, 5) is 20.3. The average molecular weight is 356 g/mol. The molecule has 116 valence electrons. The van der Waals surface area contributed by atoms with E-state index < -0.39 is 5.60 Å². The lowest BCUT2D eigenvalue weighted by Gasteiger charge is -2.41. The predicted molar refractivity (Wildman–Crippen MR) is 86.6 cm³/mol. The van der Waals surface area contributed by atoms with Crippen molar-refractivity contribution in [1.82, 2.24) is 9.88 Å². The van der Waals surface area contributed by atoms with E-state index in [0.717, 1.165) is 23.2 Å². The Hall–Kier alpha value is -1.30. The number of halogens is 1. The standard InChI is InChI=1S/C15H22BrN3O2/c1-11-10-18(13-5-6-17-9-12(13)16)7-8-19(11)14(20)21-15(2,3)4/h5-6,9,11H,7-8,10H2,1-4H3. The van der Waals surface area contributed by atoms with Crippen molar-refractivity contribution in [3.8, 4) is 0 Å². The summed E-state index contributed by atoms with van der Waals surface area (Å²) in [5, 5.41) is 0. The molecular formula is C15H22BrN3O2. The molecule has 1 unspecified atom stereocenters. The second kappa shape index (κ2) is 6.22. The largest absolute Gasteiger partial charge is 0.444 e. The maximum Gasteiger partial charge on any atom is 0.410 e. The van der Waals surface area contributed by atoms with Gasteiger partial charge in [0, 0.05) is 38.1 Å². The van der Waals surface area contributed by atoms with Crippen molar-refractivity contribution >= 4 is 27.7 Å². The van der Waals surface area contributed by atoms with Gasteiger partial charge < -0.3 is 14.5 Å². The number of rotatable bonds is 1. The van der Waals surface area contributed by atoms with Crippen LogP contribution in [0.5, 0.6) is 0 Å². The quantitative estimate of drug-likeness (QED) is 0.775. The third kappa shape index (κ3) is 4.09. The zero-order valence-electron chi connectivity index (χ0n) is 13.0. The van der Waals surface area contributed by atoms with Crippen LogP contribution in [0.2, 0.25) is 0 Å². The van der Waals surface area contributed by atoms with Crippen molar-refractivity contribution < 1.29 is 9.53 Å². The van der Waals surface area contributed by atoms with E-state index in [1.807, 2.05) is 33.8 Å². The number of carbonyl (C=O) groups is 1. The van der Waals surface area contributed by atoms with Gasteiger partial charge in [-0.25, -0.2) is 4.79 Å². The summed E-state index contributed by atoms with van der Waals surface area (Å²) < 4.78 is 6.44. The fraction of sp³-hybridized carbons (Fsp3) is 0.600. The number of aromatic nitrogens is 1. The van der Waals surface area contributed by atoms with Crippen molar-refractivity contribution in [3.05, 3.63) is 22.9 Å². The van der Waals surface area contributed by atoms with Crippen molar-refractivity contribution in [2.24, 2.45) is 0 Å². The Morgan fingerprint density at radius 2 is 2.14 bits per heavy atom. The van der Waals surface area contributed by atoms with Gasteiger partial charge in [0.15, 0.2) is 0 Å². The van der Waals surface area contributed by atoms with E-state index in [1.54, 1.807) is 17.3 Å². The van der Waals surface area contributed by atoms with Gasteiger partial charge in [-0.2, -0.15) is 0 Å². The third-order valence-corrected chi connectivity index (χ3v) is 3.96. The molecule has 1 saturated heterocycles. The van der Waals surface area contributed by atoms with Crippen LogP contribution in [0.25, 0.3) is 0 Å². The zero-order chi connectivity index (χ0) is 15.6. The molecule has 0 bridgehead atoms. The van der Waals surface area contributed by atoms with Crippen LogP contribution in [0.15, 0.2) is 22.9 Å². The molecular weight excluding hydrogens is 334 g/mol. The van der Waals surface area contributed by atoms with Crippen LogP contribution >= 0.6 is 15.9 Å². The summed E-state index contributed by atoms with van der Waals surface area (Å²) in [5.74, 6) is 0. The van der Waals surface area contributed by atoms with Crippen molar-refractivity contribution in [1.29, 1.82) is 0 Å². The topological polar surface area (TPSA) is 45.7 Å². The Kier molecular flexibility index (Phi) is 4.76. The van der Waals surface area contributed by atoms with Gasteiger partial charge in [-0.3, -0.25) is 4.98 Å². The number of hydrogen-bond donors (Lipinski definition) is 0. The Labute approximate surface area is 134 Å². The first-order valence-corrected chi connectivity index (χ1v) is 7.91. The van der Waals surface area contributed by atoms with Crippen molar-refractivity contribution in [3.63, 3.8) is 0 Å². The van der Waals surface area contributed by atoms with E-state index in [2.05, 4.69) is 25.8 Å². The molecule has 1 amide bonds. The predicted octanol–water partition coefficient (Wildman–Crippen LogP) is 3.29.